The monoisotopic (exact) mass is 298 g/mol. The summed E-state index contributed by atoms with van der Waals surface area (Å²) in [6.45, 7) is 0. The zero-order valence-electron chi connectivity index (χ0n) is 9.82. The van der Waals surface area contributed by atoms with E-state index in [1.165, 1.54) is 0 Å². The van der Waals surface area contributed by atoms with E-state index < -0.39 is 15.9 Å². The summed E-state index contributed by atoms with van der Waals surface area (Å²) in [7, 11) is -3.46. The zero-order valence-corrected chi connectivity index (χ0v) is 11.5. The van der Waals surface area contributed by atoms with Gasteiger partial charge in [-0.1, -0.05) is 18.2 Å². The number of carbonyl (C=O) groups excluding carboxylic acids is 1. The van der Waals surface area contributed by atoms with Gasteiger partial charge in [-0.3, -0.25) is 5.32 Å². The van der Waals surface area contributed by atoms with Gasteiger partial charge in [0.1, 0.15) is 0 Å². The standard InChI is InChI=1S/C10H10N4O3S2/c1-19(16,17)10-13-9(18-14-10)12-8(15)11-7-5-3-2-4-6-7/h2-6H,1H3,(H2,11,12,13,14,15). The first-order valence-electron chi connectivity index (χ1n) is 5.12. The molecule has 0 atom stereocenters. The average Bonchev–Trinajstić information content (AvgIpc) is 2.78. The molecule has 2 N–H and O–H groups in total. The van der Waals surface area contributed by atoms with Crippen molar-refractivity contribution in [3.63, 3.8) is 0 Å². The van der Waals surface area contributed by atoms with Crippen molar-refractivity contribution in [2.45, 2.75) is 5.16 Å². The van der Waals surface area contributed by atoms with E-state index in [2.05, 4.69) is 20.0 Å². The van der Waals surface area contributed by atoms with Crippen molar-refractivity contribution < 1.29 is 13.2 Å². The second-order valence-electron chi connectivity index (χ2n) is 3.60. The van der Waals surface area contributed by atoms with Crippen LogP contribution in [0.1, 0.15) is 0 Å². The molecule has 0 spiro atoms. The molecule has 7 nitrogen and oxygen atoms in total. The lowest BCUT2D eigenvalue weighted by Gasteiger charge is -2.03. The van der Waals surface area contributed by atoms with Crippen LogP contribution in [0.15, 0.2) is 35.5 Å². The van der Waals surface area contributed by atoms with Gasteiger partial charge in [-0.25, -0.2) is 13.2 Å². The lowest BCUT2D eigenvalue weighted by atomic mass is 10.3. The summed E-state index contributed by atoms with van der Waals surface area (Å²) in [5, 5.41) is 4.81. The van der Waals surface area contributed by atoms with E-state index >= 15 is 0 Å². The van der Waals surface area contributed by atoms with Gasteiger partial charge in [-0.05, 0) is 12.1 Å². The van der Waals surface area contributed by atoms with Crippen molar-refractivity contribution in [1.82, 2.24) is 9.36 Å². The van der Waals surface area contributed by atoms with E-state index in [0.29, 0.717) is 5.69 Å². The van der Waals surface area contributed by atoms with Crippen LogP contribution >= 0.6 is 11.5 Å². The lowest BCUT2D eigenvalue weighted by molar-refractivity contribution is 0.262. The van der Waals surface area contributed by atoms with Gasteiger partial charge in [0, 0.05) is 23.5 Å². The van der Waals surface area contributed by atoms with Gasteiger partial charge in [0.2, 0.25) is 15.0 Å². The number of anilines is 2. The second kappa shape index (κ2) is 5.33. The molecule has 0 saturated carbocycles. The van der Waals surface area contributed by atoms with Gasteiger partial charge in [0.15, 0.2) is 0 Å². The van der Waals surface area contributed by atoms with E-state index in [-0.39, 0.29) is 10.3 Å². The van der Waals surface area contributed by atoms with Crippen LogP contribution in [0.2, 0.25) is 0 Å². The minimum absolute atomic E-state index is 0.119. The van der Waals surface area contributed by atoms with Gasteiger partial charge in [0.25, 0.3) is 5.16 Å². The van der Waals surface area contributed by atoms with Crippen LogP contribution < -0.4 is 10.6 Å². The highest BCUT2D eigenvalue weighted by Gasteiger charge is 2.15. The highest BCUT2D eigenvalue weighted by Crippen LogP contribution is 2.15. The number of nitrogens with zero attached hydrogens (tertiary/aromatic N) is 2. The molecule has 1 heterocycles. The van der Waals surface area contributed by atoms with E-state index in [0.717, 1.165) is 17.8 Å². The number of urea groups is 1. The van der Waals surface area contributed by atoms with Gasteiger partial charge < -0.3 is 5.32 Å². The number of amides is 2. The Kier molecular flexibility index (Phi) is 3.76. The van der Waals surface area contributed by atoms with Crippen LogP contribution in [-0.2, 0) is 9.84 Å². The minimum atomic E-state index is -3.46. The highest BCUT2D eigenvalue weighted by atomic mass is 32.2. The van der Waals surface area contributed by atoms with Crippen molar-refractivity contribution in [3.8, 4) is 0 Å². The van der Waals surface area contributed by atoms with Crippen molar-refractivity contribution in [3.05, 3.63) is 30.3 Å². The second-order valence-corrected chi connectivity index (χ2v) is 6.26. The smallest absolute Gasteiger partial charge is 0.308 e. The molecular formula is C10H10N4O3S2. The molecule has 19 heavy (non-hydrogen) atoms. The Morgan fingerprint density at radius 2 is 1.89 bits per heavy atom. The van der Waals surface area contributed by atoms with Gasteiger partial charge in [0.05, 0.1) is 0 Å². The lowest BCUT2D eigenvalue weighted by Crippen LogP contribution is -2.19. The first-order valence-corrected chi connectivity index (χ1v) is 7.78. The number of rotatable bonds is 3. The summed E-state index contributed by atoms with van der Waals surface area (Å²) in [5.41, 5.74) is 0.618. The highest BCUT2D eigenvalue weighted by molar-refractivity contribution is 7.90. The number of para-hydroxylation sites is 1. The Bertz CT molecular complexity index is 682. The molecule has 0 fully saturated rings. The van der Waals surface area contributed by atoms with Crippen LogP contribution in [0.5, 0.6) is 0 Å². The maximum Gasteiger partial charge on any atom is 0.325 e. The summed E-state index contributed by atoms with van der Waals surface area (Å²) in [5.74, 6) is 0. The van der Waals surface area contributed by atoms with Crippen LogP contribution in [0.3, 0.4) is 0 Å². The maximum absolute atomic E-state index is 11.6. The third-order valence-corrected chi connectivity index (χ3v) is 3.58. The number of hydrogen-bond donors (Lipinski definition) is 2. The van der Waals surface area contributed by atoms with Crippen LogP contribution in [0.4, 0.5) is 15.6 Å². The topological polar surface area (TPSA) is 101 Å². The molecule has 0 unspecified atom stereocenters. The van der Waals surface area contributed by atoms with Crippen LogP contribution in [0, 0.1) is 0 Å². The molecule has 9 heteroatoms. The average molecular weight is 298 g/mol. The molecule has 2 aromatic rings. The van der Waals surface area contributed by atoms with Crippen LogP contribution in [-0.4, -0.2) is 30.1 Å². The molecular weight excluding hydrogens is 288 g/mol. The fourth-order valence-electron chi connectivity index (χ4n) is 1.19. The van der Waals surface area contributed by atoms with Gasteiger partial charge in [-0.15, -0.1) is 0 Å². The predicted octanol–water partition coefficient (Wildman–Crippen LogP) is 1.59. The number of sulfone groups is 1. The predicted molar refractivity (Wildman–Crippen MR) is 72.1 cm³/mol. The number of benzene rings is 1. The number of aromatic nitrogens is 2. The summed E-state index contributed by atoms with van der Waals surface area (Å²) >= 11 is 0.803. The molecule has 0 aliphatic rings. The SMILES string of the molecule is CS(=O)(=O)c1nsc(NC(=O)Nc2ccccc2)n1. The Hall–Kier alpha value is -2.00. The molecule has 1 aromatic heterocycles. The van der Waals surface area contributed by atoms with E-state index in [9.17, 15) is 13.2 Å². The minimum Gasteiger partial charge on any atom is -0.308 e. The van der Waals surface area contributed by atoms with E-state index in [1.54, 1.807) is 24.3 Å². The van der Waals surface area contributed by atoms with E-state index in [4.69, 9.17) is 0 Å². The van der Waals surface area contributed by atoms with Gasteiger partial charge in [-0.2, -0.15) is 9.36 Å². The molecule has 0 aliphatic heterocycles. The molecule has 2 rings (SSSR count). The van der Waals surface area contributed by atoms with Crippen molar-refractivity contribution in [2.24, 2.45) is 0 Å². The fourth-order valence-corrected chi connectivity index (χ4v) is 2.63. The number of hydrogen-bond acceptors (Lipinski definition) is 6. The largest absolute Gasteiger partial charge is 0.325 e. The fraction of sp³-hybridized carbons (Fsp3) is 0.100. The molecule has 0 aliphatic carbocycles. The number of nitrogens with one attached hydrogen (secondary N) is 2. The van der Waals surface area contributed by atoms with Crippen molar-refractivity contribution >= 4 is 38.2 Å². The molecule has 2 amide bonds. The quantitative estimate of drug-likeness (QED) is 0.896. The third-order valence-electron chi connectivity index (χ3n) is 1.99. The molecule has 0 radical (unpaired) electrons. The Morgan fingerprint density at radius 3 is 2.47 bits per heavy atom. The number of carbonyl (C=O) groups is 1. The third kappa shape index (κ3) is 3.73. The normalized spacial score (nSPS) is 11.0. The Labute approximate surface area is 113 Å². The first kappa shape index (κ1) is 13.4. The Balaban J connectivity index is 2.02. The van der Waals surface area contributed by atoms with Crippen molar-refractivity contribution in [1.29, 1.82) is 0 Å². The molecule has 0 saturated heterocycles. The van der Waals surface area contributed by atoms with Crippen molar-refractivity contribution in [2.75, 3.05) is 16.9 Å². The summed E-state index contributed by atoms with van der Waals surface area (Å²) in [6.07, 6.45) is 1.00. The maximum atomic E-state index is 11.6. The van der Waals surface area contributed by atoms with Gasteiger partial charge >= 0.3 is 6.03 Å². The zero-order chi connectivity index (χ0) is 13.9. The Morgan fingerprint density at radius 1 is 1.21 bits per heavy atom. The molecule has 100 valence electrons. The van der Waals surface area contributed by atoms with Crippen LogP contribution in [0.25, 0.3) is 0 Å². The first-order chi connectivity index (χ1) is 8.95. The molecule has 0 bridgehead atoms. The summed E-state index contributed by atoms with van der Waals surface area (Å²) in [6, 6.07) is 8.32. The molecule has 1 aromatic carbocycles. The summed E-state index contributed by atoms with van der Waals surface area (Å²) < 4.78 is 26.0. The summed E-state index contributed by atoms with van der Waals surface area (Å²) in [4.78, 5) is 15.3. The van der Waals surface area contributed by atoms with E-state index in [1.807, 2.05) is 6.07 Å².